The van der Waals surface area contributed by atoms with Crippen LogP contribution in [0.3, 0.4) is 0 Å². The van der Waals surface area contributed by atoms with E-state index in [1.807, 2.05) is 37.3 Å². The minimum absolute atomic E-state index is 0.0133. The number of aromatic nitrogens is 3. The van der Waals surface area contributed by atoms with Crippen molar-refractivity contribution in [3.63, 3.8) is 0 Å². The van der Waals surface area contributed by atoms with Crippen molar-refractivity contribution in [2.24, 2.45) is 0 Å². The Balaban J connectivity index is 1.27. The molecule has 1 atom stereocenters. The summed E-state index contributed by atoms with van der Waals surface area (Å²) in [5.74, 6) is 1.39. The summed E-state index contributed by atoms with van der Waals surface area (Å²) in [6.07, 6.45) is 3.59. The second-order valence-electron chi connectivity index (χ2n) is 7.04. The lowest BCUT2D eigenvalue weighted by atomic mass is 10.2. The molecule has 1 aliphatic heterocycles. The minimum Gasteiger partial charge on any atom is -0.472 e. The van der Waals surface area contributed by atoms with Gasteiger partial charge >= 0.3 is 0 Å². The van der Waals surface area contributed by atoms with E-state index in [9.17, 15) is 4.79 Å². The zero-order valence-corrected chi connectivity index (χ0v) is 15.9. The van der Waals surface area contributed by atoms with Gasteiger partial charge in [0.15, 0.2) is 0 Å². The van der Waals surface area contributed by atoms with Crippen molar-refractivity contribution in [1.82, 2.24) is 20.3 Å². The Morgan fingerprint density at radius 1 is 1.39 bits per heavy atom. The van der Waals surface area contributed by atoms with Crippen LogP contribution in [0.25, 0.3) is 11.0 Å². The van der Waals surface area contributed by atoms with Crippen LogP contribution in [0.15, 0.2) is 36.5 Å². The van der Waals surface area contributed by atoms with E-state index in [0.717, 1.165) is 41.0 Å². The molecule has 0 bridgehead atoms. The second kappa shape index (κ2) is 8.39. The molecule has 1 fully saturated rings. The summed E-state index contributed by atoms with van der Waals surface area (Å²) >= 11 is 0. The fourth-order valence-electron chi connectivity index (χ4n) is 3.27. The maximum absolute atomic E-state index is 12.2. The molecule has 0 radical (unpaired) electrons. The van der Waals surface area contributed by atoms with Crippen molar-refractivity contribution in [2.45, 2.75) is 38.8 Å². The number of aryl methyl sites for hydroxylation is 2. The summed E-state index contributed by atoms with van der Waals surface area (Å²) in [4.78, 5) is 24.3. The first kappa shape index (κ1) is 18.4. The Kier molecular flexibility index (Phi) is 5.53. The number of benzene rings is 1. The van der Waals surface area contributed by atoms with E-state index >= 15 is 0 Å². The Hall–Kier alpha value is -2.93. The highest BCUT2D eigenvalue weighted by Gasteiger charge is 2.17. The molecular weight excluding hydrogens is 356 g/mol. The van der Waals surface area contributed by atoms with Crippen LogP contribution in [0.2, 0.25) is 0 Å². The molecule has 1 aliphatic rings. The summed E-state index contributed by atoms with van der Waals surface area (Å²) in [5, 5.41) is 2.95. The third-order valence-electron chi connectivity index (χ3n) is 4.82. The molecule has 28 heavy (non-hydrogen) atoms. The number of H-pyrrole nitrogens is 1. The first-order valence-electron chi connectivity index (χ1n) is 9.57. The van der Waals surface area contributed by atoms with Crippen molar-refractivity contribution >= 4 is 16.9 Å². The van der Waals surface area contributed by atoms with Gasteiger partial charge in [0.05, 0.1) is 24.2 Å². The second-order valence-corrected chi connectivity index (χ2v) is 7.04. The van der Waals surface area contributed by atoms with Crippen LogP contribution in [0.4, 0.5) is 0 Å². The number of carbonyl (C=O) groups excluding carboxylic acids is 1. The number of nitrogens with one attached hydrogen (secondary N) is 2. The third-order valence-corrected chi connectivity index (χ3v) is 4.82. The smallest absolute Gasteiger partial charge is 0.220 e. The normalized spacial score (nSPS) is 16.4. The van der Waals surface area contributed by atoms with Gasteiger partial charge in [-0.1, -0.05) is 12.1 Å². The van der Waals surface area contributed by atoms with Crippen molar-refractivity contribution < 1.29 is 14.3 Å². The number of pyridine rings is 1. The predicted octanol–water partition coefficient (Wildman–Crippen LogP) is 2.68. The molecule has 3 heterocycles. The van der Waals surface area contributed by atoms with Gasteiger partial charge in [-0.25, -0.2) is 9.97 Å². The number of aromatic amines is 1. The van der Waals surface area contributed by atoms with Gasteiger partial charge in [0.2, 0.25) is 11.8 Å². The molecule has 2 aromatic heterocycles. The lowest BCUT2D eigenvalue weighted by molar-refractivity contribution is -0.121. The fraction of sp³-hybridized carbons (Fsp3) is 0.381. The van der Waals surface area contributed by atoms with Crippen molar-refractivity contribution in [3.05, 3.63) is 53.5 Å². The van der Waals surface area contributed by atoms with E-state index in [4.69, 9.17) is 9.47 Å². The average molecular weight is 380 g/mol. The Labute approximate surface area is 163 Å². The van der Waals surface area contributed by atoms with E-state index in [0.29, 0.717) is 31.9 Å². The molecule has 1 unspecified atom stereocenters. The minimum atomic E-state index is -0.0133. The first-order chi connectivity index (χ1) is 13.7. The zero-order valence-electron chi connectivity index (χ0n) is 15.9. The van der Waals surface area contributed by atoms with Crippen molar-refractivity contribution in [2.75, 3.05) is 13.2 Å². The molecule has 7 nitrogen and oxygen atoms in total. The Bertz CT molecular complexity index is 963. The molecule has 0 saturated carbocycles. The van der Waals surface area contributed by atoms with Gasteiger partial charge in [0.25, 0.3) is 0 Å². The highest BCUT2D eigenvalue weighted by molar-refractivity contribution is 5.79. The van der Waals surface area contributed by atoms with Gasteiger partial charge in [-0.2, -0.15) is 0 Å². The number of ether oxygens (including phenoxy) is 2. The molecule has 7 heteroatoms. The van der Waals surface area contributed by atoms with Crippen LogP contribution in [0, 0.1) is 6.92 Å². The summed E-state index contributed by atoms with van der Waals surface area (Å²) < 4.78 is 11.1. The Morgan fingerprint density at radius 2 is 2.32 bits per heavy atom. The molecule has 4 rings (SSSR count). The SMILES string of the molecule is Cc1cccc2[nH]c(CCC(=O)NCc3ccnc(OC4CCOC4)c3)nc12. The lowest BCUT2D eigenvalue weighted by Crippen LogP contribution is -2.23. The van der Waals surface area contributed by atoms with Gasteiger partial charge in [-0.15, -0.1) is 0 Å². The molecule has 3 aromatic rings. The molecule has 2 N–H and O–H groups in total. The van der Waals surface area contributed by atoms with Crippen LogP contribution < -0.4 is 10.1 Å². The molecule has 0 aliphatic carbocycles. The number of imidazole rings is 1. The number of carbonyl (C=O) groups is 1. The topological polar surface area (TPSA) is 89.1 Å². The molecule has 1 amide bonds. The van der Waals surface area contributed by atoms with E-state index in [-0.39, 0.29) is 12.0 Å². The molecule has 146 valence electrons. The summed E-state index contributed by atoms with van der Waals surface area (Å²) in [6, 6.07) is 9.77. The van der Waals surface area contributed by atoms with Gasteiger partial charge in [0.1, 0.15) is 11.9 Å². The molecule has 1 aromatic carbocycles. The van der Waals surface area contributed by atoms with Crippen LogP contribution in [-0.4, -0.2) is 40.2 Å². The van der Waals surface area contributed by atoms with Crippen LogP contribution >= 0.6 is 0 Å². The van der Waals surface area contributed by atoms with Gasteiger partial charge in [-0.05, 0) is 30.2 Å². The van der Waals surface area contributed by atoms with Crippen LogP contribution in [0.5, 0.6) is 5.88 Å². The van der Waals surface area contributed by atoms with Crippen molar-refractivity contribution in [3.8, 4) is 5.88 Å². The average Bonchev–Trinajstić information content (AvgIpc) is 3.35. The van der Waals surface area contributed by atoms with Gasteiger partial charge in [0, 0.05) is 38.1 Å². The number of para-hydroxylation sites is 1. The molecular formula is C21H24N4O3. The highest BCUT2D eigenvalue weighted by Crippen LogP contribution is 2.17. The number of amides is 1. The monoisotopic (exact) mass is 380 g/mol. The van der Waals surface area contributed by atoms with E-state index < -0.39 is 0 Å². The molecule has 1 saturated heterocycles. The molecule has 0 spiro atoms. The maximum atomic E-state index is 12.2. The number of rotatable bonds is 7. The number of fused-ring (bicyclic) bond motifs is 1. The summed E-state index contributed by atoms with van der Waals surface area (Å²) in [6.45, 7) is 3.80. The van der Waals surface area contributed by atoms with Crippen molar-refractivity contribution in [1.29, 1.82) is 0 Å². The first-order valence-corrected chi connectivity index (χ1v) is 9.57. The summed E-state index contributed by atoms with van der Waals surface area (Å²) in [7, 11) is 0. The van der Waals surface area contributed by atoms with Gasteiger partial charge < -0.3 is 19.8 Å². The number of hydrogen-bond acceptors (Lipinski definition) is 5. The largest absolute Gasteiger partial charge is 0.472 e. The van der Waals surface area contributed by atoms with Crippen LogP contribution in [-0.2, 0) is 22.5 Å². The van der Waals surface area contributed by atoms with Crippen LogP contribution in [0.1, 0.15) is 29.8 Å². The maximum Gasteiger partial charge on any atom is 0.220 e. The lowest BCUT2D eigenvalue weighted by Gasteiger charge is -2.11. The van der Waals surface area contributed by atoms with E-state index in [1.165, 1.54) is 0 Å². The highest BCUT2D eigenvalue weighted by atomic mass is 16.5. The zero-order chi connectivity index (χ0) is 19.3. The van der Waals surface area contributed by atoms with Gasteiger partial charge in [-0.3, -0.25) is 4.79 Å². The quantitative estimate of drug-likeness (QED) is 0.658. The third kappa shape index (κ3) is 4.48. The number of nitrogens with zero attached hydrogens (tertiary/aromatic N) is 2. The van der Waals surface area contributed by atoms with E-state index in [2.05, 4.69) is 20.3 Å². The summed E-state index contributed by atoms with van der Waals surface area (Å²) in [5.41, 5.74) is 4.06. The Morgan fingerprint density at radius 3 is 3.14 bits per heavy atom. The van der Waals surface area contributed by atoms with E-state index in [1.54, 1.807) is 6.20 Å². The fourth-order valence-corrected chi connectivity index (χ4v) is 3.27. The predicted molar refractivity (Wildman–Crippen MR) is 105 cm³/mol. The standard InChI is InChI=1S/C21H24N4O3/c1-14-3-2-4-17-21(14)25-18(24-17)5-6-19(26)23-12-15-7-9-22-20(11-15)28-16-8-10-27-13-16/h2-4,7,9,11,16H,5-6,8,10,12-13H2,1H3,(H,23,26)(H,24,25). The number of hydrogen-bond donors (Lipinski definition) is 2.